The summed E-state index contributed by atoms with van der Waals surface area (Å²) in [5.74, 6) is -0.735. The molecule has 0 aliphatic heterocycles. The van der Waals surface area contributed by atoms with E-state index in [2.05, 4.69) is 99.7 Å². The molecule has 3 atom stereocenters. The summed E-state index contributed by atoms with van der Waals surface area (Å²) in [4.78, 5) is 45.4. The van der Waals surface area contributed by atoms with Crippen LogP contribution < -0.4 is 10.6 Å². The minimum atomic E-state index is -1.04. The number of aliphatic carboxylic acids is 1. The zero-order valence-corrected chi connectivity index (χ0v) is 35.1. The first-order chi connectivity index (χ1) is 26.4. The van der Waals surface area contributed by atoms with Crippen LogP contribution in [-0.2, 0) is 33.9 Å². The van der Waals surface area contributed by atoms with Crippen LogP contribution in [-0.4, -0.2) is 74.5 Å². The molecule has 0 aliphatic carbocycles. The Morgan fingerprint density at radius 3 is 2.42 bits per heavy atom. The number of aromatic nitrogens is 2. The van der Waals surface area contributed by atoms with E-state index in [4.69, 9.17) is 0 Å². The van der Waals surface area contributed by atoms with Gasteiger partial charge in [-0.05, 0) is 100 Å². The standard InChI is InChI=1S/C45H65N5O4S/c1-8-36(6)42(48-43(51)27-39-28-46-32-50(39)25-23-35(5)17-10-9-16-34(4)18-13-15-33(2)3)30-49(31-44(52)47-41(45(53)54)24-26-55-7)29-38-21-14-20-37-19-11-12-22-40(37)38/h11-12,14-16,19-23,28,32,36,41-42H,8-10,13,17-18,24-27,29-31H2,1-7H3,(H,47,52)(H,48,51)(H,53,54)/b34-16+,35-23+/t36?,41-,42+/m0/s1. The van der Waals surface area contributed by atoms with Crippen LogP contribution in [0.1, 0.15) is 97.7 Å². The highest BCUT2D eigenvalue weighted by Crippen LogP contribution is 2.21. The van der Waals surface area contributed by atoms with Crippen LogP contribution in [0.4, 0.5) is 0 Å². The van der Waals surface area contributed by atoms with Crippen molar-refractivity contribution in [2.75, 3.05) is 25.1 Å². The van der Waals surface area contributed by atoms with Crippen molar-refractivity contribution in [2.45, 2.75) is 118 Å². The smallest absolute Gasteiger partial charge is 0.326 e. The van der Waals surface area contributed by atoms with Crippen LogP contribution in [0.2, 0.25) is 0 Å². The molecule has 0 saturated carbocycles. The number of carboxylic acid groups (broad SMARTS) is 1. The topological polar surface area (TPSA) is 117 Å². The summed E-state index contributed by atoms with van der Waals surface area (Å²) < 4.78 is 2.03. The molecule has 300 valence electrons. The zero-order valence-electron chi connectivity index (χ0n) is 34.3. The van der Waals surface area contributed by atoms with Crippen molar-refractivity contribution < 1.29 is 19.5 Å². The van der Waals surface area contributed by atoms with E-state index in [0.717, 1.165) is 60.6 Å². The quantitative estimate of drug-likeness (QED) is 0.0583. The average Bonchev–Trinajstić information content (AvgIpc) is 3.59. The van der Waals surface area contributed by atoms with Crippen LogP contribution in [0, 0.1) is 5.92 Å². The normalized spacial score (nSPS) is 13.7. The molecule has 3 rings (SSSR count). The Morgan fingerprint density at radius 1 is 0.945 bits per heavy atom. The highest BCUT2D eigenvalue weighted by atomic mass is 32.2. The van der Waals surface area contributed by atoms with Crippen LogP contribution in [0.3, 0.4) is 0 Å². The largest absolute Gasteiger partial charge is 0.480 e. The third kappa shape index (κ3) is 16.6. The average molecular weight is 772 g/mol. The van der Waals surface area contributed by atoms with E-state index in [1.807, 2.05) is 33.9 Å². The number of rotatable bonds is 25. The maximum absolute atomic E-state index is 13.7. The predicted molar refractivity (Wildman–Crippen MR) is 229 cm³/mol. The van der Waals surface area contributed by atoms with Gasteiger partial charge in [-0.15, -0.1) is 0 Å². The number of thioether (sulfide) groups is 1. The van der Waals surface area contributed by atoms with Crippen molar-refractivity contribution in [3.8, 4) is 0 Å². The minimum absolute atomic E-state index is 0.000297. The Balaban J connectivity index is 1.68. The summed E-state index contributed by atoms with van der Waals surface area (Å²) in [6.07, 6.45) is 19.1. The van der Waals surface area contributed by atoms with E-state index in [0.29, 0.717) is 31.8 Å². The number of carbonyl (C=O) groups excluding carboxylic acids is 2. The van der Waals surface area contributed by atoms with Gasteiger partial charge in [0.15, 0.2) is 0 Å². The van der Waals surface area contributed by atoms with Crippen molar-refractivity contribution >= 4 is 40.3 Å². The van der Waals surface area contributed by atoms with Gasteiger partial charge in [-0.25, -0.2) is 9.78 Å². The fourth-order valence-electron chi connectivity index (χ4n) is 6.58. The van der Waals surface area contributed by atoms with Gasteiger partial charge >= 0.3 is 5.97 Å². The van der Waals surface area contributed by atoms with Gasteiger partial charge in [-0.2, -0.15) is 11.8 Å². The lowest BCUT2D eigenvalue weighted by Gasteiger charge is -2.31. The second-order valence-electron chi connectivity index (χ2n) is 15.1. The van der Waals surface area contributed by atoms with E-state index in [1.165, 1.54) is 16.7 Å². The Morgan fingerprint density at radius 2 is 1.69 bits per heavy atom. The van der Waals surface area contributed by atoms with Gasteiger partial charge in [-0.3, -0.25) is 14.5 Å². The molecule has 0 fully saturated rings. The molecule has 3 N–H and O–H groups in total. The summed E-state index contributed by atoms with van der Waals surface area (Å²) in [5, 5.41) is 18.0. The number of allylic oxidation sites excluding steroid dienone is 6. The third-order valence-electron chi connectivity index (χ3n) is 10.2. The van der Waals surface area contributed by atoms with Crippen LogP contribution in [0.15, 0.2) is 89.9 Å². The number of carbonyl (C=O) groups is 3. The molecule has 0 bridgehead atoms. The molecular weight excluding hydrogens is 707 g/mol. The van der Waals surface area contributed by atoms with Crippen LogP contribution >= 0.6 is 11.8 Å². The number of nitrogens with one attached hydrogen (secondary N) is 2. The third-order valence-corrected chi connectivity index (χ3v) is 10.8. The van der Waals surface area contributed by atoms with E-state index >= 15 is 0 Å². The van der Waals surface area contributed by atoms with Gasteiger partial charge in [0.05, 0.1) is 19.3 Å². The molecule has 0 radical (unpaired) electrons. The molecule has 9 nitrogen and oxygen atoms in total. The molecule has 0 spiro atoms. The van der Waals surface area contributed by atoms with Gasteiger partial charge in [0, 0.05) is 37.6 Å². The molecule has 2 aromatic carbocycles. The first-order valence-electron chi connectivity index (χ1n) is 19.8. The maximum Gasteiger partial charge on any atom is 0.326 e. The SMILES string of the molecule is CCC(C)[C@@H](CN(CC(=O)N[C@@H](CCSC)C(=O)O)Cc1cccc2ccccc12)NC(=O)Cc1cncn1C/C=C(\C)CCC/C=C(\C)CCC=C(C)C. The Hall–Kier alpha value is -4.15. The summed E-state index contributed by atoms with van der Waals surface area (Å²) in [7, 11) is 0. The van der Waals surface area contributed by atoms with E-state index in [-0.39, 0.29) is 36.7 Å². The number of unbranched alkanes of at least 4 members (excludes halogenated alkanes) is 1. The summed E-state index contributed by atoms with van der Waals surface area (Å²) in [6.45, 7) is 14.4. The molecule has 0 aliphatic rings. The fraction of sp³-hybridized carbons (Fsp3) is 0.511. The lowest BCUT2D eigenvalue weighted by Crippen LogP contribution is -2.51. The summed E-state index contributed by atoms with van der Waals surface area (Å²) >= 11 is 1.55. The zero-order chi connectivity index (χ0) is 40.2. The molecular formula is C45H65N5O4S. The predicted octanol–water partition coefficient (Wildman–Crippen LogP) is 8.74. The Bertz CT molecular complexity index is 1750. The van der Waals surface area contributed by atoms with Gasteiger partial charge < -0.3 is 20.3 Å². The number of imidazole rings is 1. The van der Waals surface area contributed by atoms with Crippen molar-refractivity contribution in [3.63, 3.8) is 0 Å². The van der Waals surface area contributed by atoms with E-state index in [9.17, 15) is 19.5 Å². The van der Waals surface area contributed by atoms with Crippen molar-refractivity contribution in [3.05, 3.63) is 101 Å². The molecule has 55 heavy (non-hydrogen) atoms. The molecule has 1 heterocycles. The van der Waals surface area contributed by atoms with Crippen molar-refractivity contribution in [1.82, 2.24) is 25.1 Å². The molecule has 1 unspecified atom stereocenters. The highest BCUT2D eigenvalue weighted by molar-refractivity contribution is 7.98. The monoisotopic (exact) mass is 771 g/mol. The van der Waals surface area contributed by atoms with Crippen molar-refractivity contribution in [2.24, 2.45) is 5.92 Å². The molecule has 0 saturated heterocycles. The number of amides is 2. The molecule has 3 aromatic rings. The van der Waals surface area contributed by atoms with E-state index in [1.54, 1.807) is 24.3 Å². The van der Waals surface area contributed by atoms with E-state index < -0.39 is 12.0 Å². The number of nitrogens with zero attached hydrogens (tertiary/aromatic N) is 3. The Labute approximate surface area is 334 Å². The van der Waals surface area contributed by atoms with Gasteiger partial charge in [0.25, 0.3) is 0 Å². The summed E-state index contributed by atoms with van der Waals surface area (Å²) in [5.41, 5.74) is 6.05. The van der Waals surface area contributed by atoms with Gasteiger partial charge in [-0.1, -0.05) is 97.7 Å². The fourth-order valence-corrected chi connectivity index (χ4v) is 7.05. The molecule has 2 amide bonds. The number of benzene rings is 2. The second kappa shape index (κ2) is 24.4. The highest BCUT2D eigenvalue weighted by Gasteiger charge is 2.26. The lowest BCUT2D eigenvalue weighted by molar-refractivity contribution is -0.142. The van der Waals surface area contributed by atoms with Crippen molar-refractivity contribution in [1.29, 1.82) is 0 Å². The van der Waals surface area contributed by atoms with Gasteiger partial charge in [0.1, 0.15) is 6.04 Å². The number of fused-ring (bicyclic) bond motifs is 1. The number of hydrogen-bond donors (Lipinski definition) is 3. The molecule has 1 aromatic heterocycles. The van der Waals surface area contributed by atoms with Gasteiger partial charge in [0.2, 0.25) is 11.8 Å². The first kappa shape index (κ1) is 45.2. The van der Waals surface area contributed by atoms with Crippen LogP contribution in [0.5, 0.6) is 0 Å². The molecule has 10 heteroatoms. The number of carboxylic acids is 1. The first-order valence-corrected chi connectivity index (χ1v) is 21.2. The van der Waals surface area contributed by atoms with Crippen LogP contribution in [0.25, 0.3) is 10.8 Å². The second-order valence-corrected chi connectivity index (χ2v) is 16.1. The minimum Gasteiger partial charge on any atom is -0.480 e. The maximum atomic E-state index is 13.7. The summed E-state index contributed by atoms with van der Waals surface area (Å²) in [6, 6.07) is 13.1. The Kier molecular flexibility index (Phi) is 20.1. The lowest BCUT2D eigenvalue weighted by atomic mass is 9.97. The number of hydrogen-bond acceptors (Lipinski definition) is 6.